The zero-order valence-electron chi connectivity index (χ0n) is 12.5. The van der Waals surface area contributed by atoms with E-state index >= 15 is 0 Å². The van der Waals surface area contributed by atoms with Gasteiger partial charge in [0, 0.05) is 6.20 Å². The second kappa shape index (κ2) is 6.56. The van der Waals surface area contributed by atoms with E-state index in [9.17, 15) is 18.0 Å². The first-order valence-corrected chi connectivity index (χ1v) is 7.37. The van der Waals surface area contributed by atoms with Crippen molar-refractivity contribution in [3.05, 3.63) is 71.3 Å². The minimum absolute atomic E-state index is 0.0485. The summed E-state index contributed by atoms with van der Waals surface area (Å²) in [6.07, 6.45) is -1.67. The number of hydrogen-bond acceptors (Lipinski definition) is 3. The predicted molar refractivity (Wildman–Crippen MR) is 85.8 cm³/mol. The zero-order valence-corrected chi connectivity index (χ0v) is 13.2. The molecule has 0 bridgehead atoms. The fraction of sp³-hybridized carbons (Fsp3) is 0.0625. The molecule has 1 N–H and O–H groups in total. The van der Waals surface area contributed by atoms with Crippen molar-refractivity contribution in [3.8, 4) is 5.69 Å². The molecule has 0 saturated heterocycles. The number of alkyl halides is 3. The molecule has 0 saturated carbocycles. The number of nitrogens with zero attached hydrogens (tertiary/aromatic N) is 3. The number of pyridine rings is 1. The van der Waals surface area contributed by atoms with Crippen LogP contribution >= 0.6 is 11.6 Å². The average molecular weight is 367 g/mol. The fourth-order valence-corrected chi connectivity index (χ4v) is 2.17. The van der Waals surface area contributed by atoms with Gasteiger partial charge < -0.3 is 5.32 Å². The average Bonchev–Trinajstić information content (AvgIpc) is 3.06. The highest BCUT2D eigenvalue weighted by molar-refractivity contribution is 6.29. The quantitative estimate of drug-likeness (QED) is 0.707. The molecular weight excluding hydrogens is 357 g/mol. The van der Waals surface area contributed by atoms with Gasteiger partial charge in [-0.2, -0.15) is 18.3 Å². The highest BCUT2D eigenvalue weighted by atomic mass is 35.5. The SMILES string of the molecule is O=C(Nc1ccc(Cl)nc1)c1ccn(-c2cccc(C(F)(F)F)c2)n1. The van der Waals surface area contributed by atoms with Crippen molar-refractivity contribution < 1.29 is 18.0 Å². The number of amides is 1. The number of hydrogen-bond donors (Lipinski definition) is 1. The second-order valence-corrected chi connectivity index (χ2v) is 5.40. The number of anilines is 1. The van der Waals surface area contributed by atoms with Crippen LogP contribution in [0.3, 0.4) is 0 Å². The number of carbonyl (C=O) groups is 1. The van der Waals surface area contributed by atoms with Crippen LogP contribution in [0.15, 0.2) is 54.9 Å². The van der Waals surface area contributed by atoms with Gasteiger partial charge in [0.1, 0.15) is 5.15 Å². The Labute approximate surface area is 145 Å². The number of nitrogens with one attached hydrogen (secondary N) is 1. The summed E-state index contributed by atoms with van der Waals surface area (Å²) < 4.78 is 39.5. The number of halogens is 4. The molecule has 0 unspecified atom stereocenters. The summed E-state index contributed by atoms with van der Waals surface area (Å²) in [6, 6.07) is 9.15. The minimum atomic E-state index is -4.45. The van der Waals surface area contributed by atoms with E-state index in [2.05, 4.69) is 15.4 Å². The summed E-state index contributed by atoms with van der Waals surface area (Å²) in [7, 11) is 0. The van der Waals surface area contributed by atoms with Gasteiger partial charge in [0.25, 0.3) is 5.91 Å². The van der Waals surface area contributed by atoms with Crippen LogP contribution in [0, 0.1) is 0 Å². The summed E-state index contributed by atoms with van der Waals surface area (Å²) in [5.74, 6) is -0.519. The molecule has 1 aromatic carbocycles. The Bertz CT molecular complexity index is 906. The molecule has 0 aliphatic rings. The van der Waals surface area contributed by atoms with E-state index in [1.54, 1.807) is 6.07 Å². The van der Waals surface area contributed by atoms with Crippen LogP contribution in [-0.2, 0) is 6.18 Å². The first-order valence-electron chi connectivity index (χ1n) is 6.99. The van der Waals surface area contributed by atoms with Crippen molar-refractivity contribution in [2.45, 2.75) is 6.18 Å². The Balaban J connectivity index is 1.80. The van der Waals surface area contributed by atoms with Crippen LogP contribution in [0.4, 0.5) is 18.9 Å². The topological polar surface area (TPSA) is 59.8 Å². The maximum Gasteiger partial charge on any atom is 0.416 e. The Hall–Kier alpha value is -2.87. The highest BCUT2D eigenvalue weighted by Crippen LogP contribution is 2.30. The molecule has 25 heavy (non-hydrogen) atoms. The number of aromatic nitrogens is 3. The molecule has 0 aliphatic carbocycles. The van der Waals surface area contributed by atoms with Gasteiger partial charge in [-0.05, 0) is 36.4 Å². The van der Waals surface area contributed by atoms with Gasteiger partial charge in [0.2, 0.25) is 0 Å². The molecule has 2 aromatic heterocycles. The van der Waals surface area contributed by atoms with E-state index in [1.165, 1.54) is 41.3 Å². The number of carbonyl (C=O) groups excluding carboxylic acids is 1. The van der Waals surface area contributed by atoms with E-state index in [0.29, 0.717) is 5.69 Å². The van der Waals surface area contributed by atoms with Gasteiger partial charge >= 0.3 is 6.18 Å². The lowest BCUT2D eigenvalue weighted by Gasteiger charge is -2.08. The van der Waals surface area contributed by atoms with Gasteiger partial charge in [0.05, 0.1) is 23.1 Å². The van der Waals surface area contributed by atoms with E-state index in [1.807, 2.05) is 0 Å². The van der Waals surface area contributed by atoms with Crippen LogP contribution in [0.25, 0.3) is 5.69 Å². The lowest BCUT2D eigenvalue weighted by Crippen LogP contribution is -2.13. The molecule has 0 radical (unpaired) electrons. The Kier molecular flexibility index (Phi) is 4.45. The van der Waals surface area contributed by atoms with Gasteiger partial charge in [-0.15, -0.1) is 0 Å². The maximum atomic E-state index is 12.8. The normalized spacial score (nSPS) is 11.4. The molecule has 3 rings (SSSR count). The fourth-order valence-electron chi connectivity index (χ4n) is 2.06. The molecule has 5 nitrogen and oxygen atoms in total. The highest BCUT2D eigenvalue weighted by Gasteiger charge is 2.30. The van der Waals surface area contributed by atoms with Crippen molar-refractivity contribution >= 4 is 23.2 Å². The summed E-state index contributed by atoms with van der Waals surface area (Å²) >= 11 is 5.66. The number of benzene rings is 1. The van der Waals surface area contributed by atoms with E-state index < -0.39 is 17.6 Å². The Morgan fingerprint density at radius 3 is 2.64 bits per heavy atom. The molecular formula is C16H10ClF3N4O. The lowest BCUT2D eigenvalue weighted by molar-refractivity contribution is -0.137. The van der Waals surface area contributed by atoms with E-state index in [0.717, 1.165) is 12.1 Å². The molecule has 0 atom stereocenters. The summed E-state index contributed by atoms with van der Waals surface area (Å²) in [6.45, 7) is 0. The van der Waals surface area contributed by atoms with E-state index in [4.69, 9.17) is 11.6 Å². The standard InChI is InChI=1S/C16H10ClF3N4O/c17-14-5-4-11(9-21-14)22-15(25)13-6-7-24(23-13)12-3-1-2-10(8-12)16(18,19)20/h1-9H,(H,22,25). The molecule has 128 valence electrons. The van der Waals surface area contributed by atoms with Crippen molar-refractivity contribution in [1.82, 2.24) is 14.8 Å². The van der Waals surface area contributed by atoms with Crippen LogP contribution in [0.2, 0.25) is 5.15 Å². The van der Waals surface area contributed by atoms with Crippen LogP contribution in [0.1, 0.15) is 16.1 Å². The number of rotatable bonds is 3. The Morgan fingerprint density at radius 1 is 1.16 bits per heavy atom. The van der Waals surface area contributed by atoms with Gasteiger partial charge in [-0.1, -0.05) is 17.7 Å². The van der Waals surface area contributed by atoms with Gasteiger partial charge in [-0.3, -0.25) is 4.79 Å². The monoisotopic (exact) mass is 366 g/mol. The van der Waals surface area contributed by atoms with Crippen molar-refractivity contribution in [3.63, 3.8) is 0 Å². The molecule has 9 heteroatoms. The van der Waals surface area contributed by atoms with E-state index in [-0.39, 0.29) is 16.5 Å². The summed E-state index contributed by atoms with van der Waals surface area (Å²) in [5.41, 5.74) is -0.129. The zero-order chi connectivity index (χ0) is 18.0. The maximum absolute atomic E-state index is 12.8. The third-order valence-corrected chi connectivity index (χ3v) is 3.47. The molecule has 3 aromatic rings. The molecule has 0 spiro atoms. The summed E-state index contributed by atoms with van der Waals surface area (Å²) in [4.78, 5) is 16.0. The molecule has 1 amide bonds. The first kappa shape index (κ1) is 17.0. The van der Waals surface area contributed by atoms with Crippen LogP contribution in [-0.4, -0.2) is 20.7 Å². The third-order valence-electron chi connectivity index (χ3n) is 3.24. The largest absolute Gasteiger partial charge is 0.416 e. The minimum Gasteiger partial charge on any atom is -0.319 e. The van der Waals surface area contributed by atoms with Crippen LogP contribution < -0.4 is 5.32 Å². The van der Waals surface area contributed by atoms with Crippen molar-refractivity contribution in [2.24, 2.45) is 0 Å². The van der Waals surface area contributed by atoms with Crippen LogP contribution in [0.5, 0.6) is 0 Å². The van der Waals surface area contributed by atoms with Crippen molar-refractivity contribution in [2.75, 3.05) is 5.32 Å². The van der Waals surface area contributed by atoms with Gasteiger partial charge in [-0.25, -0.2) is 9.67 Å². The molecule has 0 fully saturated rings. The van der Waals surface area contributed by atoms with Crippen molar-refractivity contribution in [1.29, 1.82) is 0 Å². The van der Waals surface area contributed by atoms with Gasteiger partial charge in [0.15, 0.2) is 5.69 Å². The lowest BCUT2D eigenvalue weighted by atomic mass is 10.2. The summed E-state index contributed by atoms with van der Waals surface area (Å²) in [5, 5.41) is 6.86. The predicted octanol–water partition coefficient (Wildman–Crippen LogP) is 4.19. The Morgan fingerprint density at radius 2 is 1.96 bits per heavy atom. The smallest absolute Gasteiger partial charge is 0.319 e. The third kappa shape index (κ3) is 3.97. The second-order valence-electron chi connectivity index (χ2n) is 5.02. The molecule has 0 aliphatic heterocycles. The molecule has 2 heterocycles. The first-order chi connectivity index (χ1) is 11.8.